The molecule has 0 unspecified atom stereocenters. The number of benzene rings is 1. The highest BCUT2D eigenvalue weighted by molar-refractivity contribution is 5.78. The molecule has 1 fully saturated rings. The van der Waals surface area contributed by atoms with Crippen LogP contribution in [0.15, 0.2) is 72.4 Å². The number of hydrogen-bond acceptors (Lipinski definition) is 10. The molecule has 1 aliphatic carbocycles. The van der Waals surface area contributed by atoms with Crippen molar-refractivity contribution in [1.29, 1.82) is 0 Å². The van der Waals surface area contributed by atoms with E-state index in [1.807, 2.05) is 12.2 Å². The summed E-state index contributed by atoms with van der Waals surface area (Å²) in [5, 5.41) is 24.4. The fourth-order valence-electron chi connectivity index (χ4n) is 4.26. The van der Waals surface area contributed by atoms with Crippen molar-refractivity contribution >= 4 is 17.1 Å². The highest BCUT2D eigenvalue weighted by atomic mass is 16.6. The van der Waals surface area contributed by atoms with E-state index in [4.69, 9.17) is 18.9 Å². The van der Waals surface area contributed by atoms with Crippen LogP contribution in [0, 0.1) is 0 Å². The van der Waals surface area contributed by atoms with Crippen LogP contribution in [0.4, 0.5) is 4.79 Å². The molecule has 11 nitrogen and oxygen atoms in total. The molecular weight excluding hydrogens is 480 g/mol. The predicted molar refractivity (Wildman–Crippen MR) is 132 cm³/mol. The number of aromatic nitrogens is 2. The molecule has 3 aliphatic rings. The minimum atomic E-state index is -1.01. The zero-order valence-corrected chi connectivity index (χ0v) is 20.2. The molecule has 11 heteroatoms. The molecule has 0 spiro atoms. The number of aliphatic hydroxyl groups is 2. The summed E-state index contributed by atoms with van der Waals surface area (Å²) in [6.45, 7) is 0.313. The lowest BCUT2D eigenvalue weighted by atomic mass is 10.0. The number of aliphatic hydroxyl groups excluding tert-OH is 2. The van der Waals surface area contributed by atoms with Gasteiger partial charge >= 0.3 is 6.09 Å². The molecule has 1 aromatic carbocycles. The largest absolute Gasteiger partial charge is 0.480 e. The Labute approximate surface area is 213 Å². The Balaban J connectivity index is 1.15. The van der Waals surface area contributed by atoms with Crippen molar-refractivity contribution in [2.24, 2.45) is 0 Å². The molecule has 0 radical (unpaired) electrons. The van der Waals surface area contributed by atoms with Crippen LogP contribution in [0.2, 0.25) is 0 Å². The van der Waals surface area contributed by atoms with Crippen molar-refractivity contribution in [2.45, 2.75) is 31.2 Å². The molecule has 0 bridgehead atoms. The van der Waals surface area contributed by atoms with Crippen molar-refractivity contribution in [3.05, 3.63) is 77.9 Å². The standard InChI is InChI=1S/C26H28N4O7/c1-34-23-12-28-18-9-5-8-17(25(18)29-23)19(31)10-27-11-20(32)21-13-30(26(33)37-21)24-15-35-14-22(36-24)16-6-3-2-4-7-16/h2-3,5-6,8-9,12,14-15,19-21,27,31-32H,4,7,10-11,13H2,1H3/t19-,20+,21+/m1/s1. The number of fused-ring (bicyclic) bond motifs is 1. The predicted octanol–water partition coefficient (Wildman–Crippen LogP) is 2.41. The SMILES string of the molecule is COc1cnc2cccc([C@H](O)CNC[C@H](O)[C@@H]3CN(C4=COC=C(C5=CC=CCC5)O4)C(=O)O3)c2n1. The van der Waals surface area contributed by atoms with Crippen molar-refractivity contribution < 1.29 is 34.0 Å². The van der Waals surface area contributed by atoms with Gasteiger partial charge in [-0.25, -0.2) is 19.7 Å². The first kappa shape index (κ1) is 24.8. The second-order valence-corrected chi connectivity index (χ2v) is 8.74. The van der Waals surface area contributed by atoms with Gasteiger partial charge in [-0.2, -0.15) is 0 Å². The molecule has 3 heterocycles. The lowest BCUT2D eigenvalue weighted by Gasteiger charge is -2.23. The Bertz CT molecular complexity index is 1290. The third-order valence-corrected chi connectivity index (χ3v) is 6.26. The molecule has 37 heavy (non-hydrogen) atoms. The number of allylic oxidation sites excluding steroid dienone is 4. The number of rotatable bonds is 9. The lowest BCUT2D eigenvalue weighted by Crippen LogP contribution is -2.40. The van der Waals surface area contributed by atoms with Crippen LogP contribution >= 0.6 is 0 Å². The molecule has 1 aromatic heterocycles. The third-order valence-electron chi connectivity index (χ3n) is 6.26. The number of nitrogens with one attached hydrogen (secondary N) is 1. The van der Waals surface area contributed by atoms with Gasteiger partial charge in [-0.1, -0.05) is 30.4 Å². The maximum absolute atomic E-state index is 12.5. The van der Waals surface area contributed by atoms with Gasteiger partial charge in [0.2, 0.25) is 11.8 Å². The number of carbonyl (C=O) groups excluding carboxylic acids is 1. The molecule has 0 saturated carbocycles. The highest BCUT2D eigenvalue weighted by Gasteiger charge is 2.39. The number of methoxy groups -OCH3 is 1. The first-order chi connectivity index (χ1) is 18.0. The number of ether oxygens (including phenoxy) is 4. The van der Waals surface area contributed by atoms with Crippen LogP contribution in [0.1, 0.15) is 24.5 Å². The van der Waals surface area contributed by atoms with Crippen LogP contribution in [-0.2, 0) is 14.2 Å². The minimum Gasteiger partial charge on any atom is -0.480 e. The number of cyclic esters (lactones) is 1. The maximum Gasteiger partial charge on any atom is 0.417 e. The van der Waals surface area contributed by atoms with E-state index in [1.165, 1.54) is 30.7 Å². The number of hydrogen-bond donors (Lipinski definition) is 3. The van der Waals surface area contributed by atoms with Crippen LogP contribution in [0.25, 0.3) is 11.0 Å². The van der Waals surface area contributed by atoms with Crippen molar-refractivity contribution in [1.82, 2.24) is 20.2 Å². The van der Waals surface area contributed by atoms with Gasteiger partial charge in [-0.05, 0) is 24.5 Å². The first-order valence-corrected chi connectivity index (χ1v) is 12.0. The second-order valence-electron chi connectivity index (χ2n) is 8.74. The van der Waals surface area contributed by atoms with E-state index in [1.54, 1.807) is 18.2 Å². The second kappa shape index (κ2) is 11.0. The van der Waals surface area contributed by atoms with Crippen molar-refractivity contribution in [2.75, 3.05) is 26.7 Å². The molecule has 1 saturated heterocycles. The third kappa shape index (κ3) is 5.43. The Morgan fingerprint density at radius 1 is 1.27 bits per heavy atom. The lowest BCUT2D eigenvalue weighted by molar-refractivity contribution is 0.0312. The first-order valence-electron chi connectivity index (χ1n) is 12.0. The topological polar surface area (TPSA) is 136 Å². The summed E-state index contributed by atoms with van der Waals surface area (Å²) in [5.74, 6) is 1.08. The molecule has 3 N–H and O–H groups in total. The van der Waals surface area contributed by atoms with E-state index >= 15 is 0 Å². The zero-order valence-electron chi connectivity index (χ0n) is 20.2. The number of nitrogens with zero attached hydrogens (tertiary/aromatic N) is 3. The van der Waals surface area contributed by atoms with E-state index in [0.717, 1.165) is 18.4 Å². The molecule has 5 rings (SSSR count). The summed E-state index contributed by atoms with van der Waals surface area (Å²) >= 11 is 0. The van der Waals surface area contributed by atoms with E-state index in [9.17, 15) is 15.0 Å². The summed E-state index contributed by atoms with van der Waals surface area (Å²) < 4.78 is 21.8. The minimum absolute atomic E-state index is 0.0867. The summed E-state index contributed by atoms with van der Waals surface area (Å²) in [7, 11) is 1.50. The van der Waals surface area contributed by atoms with Crippen LogP contribution in [0.5, 0.6) is 5.88 Å². The van der Waals surface area contributed by atoms with Gasteiger partial charge in [0.1, 0.15) is 18.5 Å². The summed E-state index contributed by atoms with van der Waals surface area (Å²) in [5.41, 5.74) is 2.72. The van der Waals surface area contributed by atoms with E-state index in [-0.39, 0.29) is 25.5 Å². The Kier molecular flexibility index (Phi) is 7.35. The van der Waals surface area contributed by atoms with Crippen LogP contribution < -0.4 is 10.1 Å². The monoisotopic (exact) mass is 508 g/mol. The highest BCUT2D eigenvalue weighted by Crippen LogP contribution is 2.30. The van der Waals surface area contributed by atoms with Crippen molar-refractivity contribution in [3.63, 3.8) is 0 Å². The van der Waals surface area contributed by atoms with Gasteiger partial charge in [0, 0.05) is 18.7 Å². The van der Waals surface area contributed by atoms with Gasteiger partial charge < -0.3 is 34.5 Å². The number of carbonyl (C=O) groups is 1. The summed E-state index contributed by atoms with van der Waals surface area (Å²) in [4.78, 5) is 22.5. The number of amides is 1. The van der Waals surface area contributed by atoms with Gasteiger partial charge in [-0.15, -0.1) is 0 Å². The average molecular weight is 509 g/mol. The zero-order chi connectivity index (χ0) is 25.8. The average Bonchev–Trinajstić information content (AvgIpc) is 3.34. The van der Waals surface area contributed by atoms with Crippen LogP contribution in [0.3, 0.4) is 0 Å². The van der Waals surface area contributed by atoms with Gasteiger partial charge in [0.25, 0.3) is 0 Å². The van der Waals surface area contributed by atoms with E-state index < -0.39 is 24.4 Å². The molecule has 194 valence electrons. The Morgan fingerprint density at radius 2 is 2.16 bits per heavy atom. The smallest absolute Gasteiger partial charge is 0.417 e. The number of para-hydroxylation sites is 1. The molecular formula is C26H28N4O7. The normalized spacial score (nSPS) is 20.8. The maximum atomic E-state index is 12.5. The van der Waals surface area contributed by atoms with E-state index in [0.29, 0.717) is 28.2 Å². The Morgan fingerprint density at radius 3 is 2.97 bits per heavy atom. The molecule has 1 amide bonds. The summed E-state index contributed by atoms with van der Waals surface area (Å²) in [6, 6.07) is 5.35. The fraction of sp³-hybridized carbons (Fsp3) is 0.346. The van der Waals surface area contributed by atoms with Crippen molar-refractivity contribution in [3.8, 4) is 5.88 Å². The fourth-order valence-corrected chi connectivity index (χ4v) is 4.26. The Hall–Kier alpha value is -3.93. The molecule has 3 atom stereocenters. The van der Waals surface area contributed by atoms with Crippen LogP contribution in [-0.4, -0.2) is 70.1 Å². The van der Waals surface area contributed by atoms with Gasteiger partial charge in [-0.3, -0.25) is 0 Å². The van der Waals surface area contributed by atoms with Gasteiger partial charge in [0.05, 0.1) is 37.0 Å². The molecule has 2 aromatic rings. The molecule has 2 aliphatic heterocycles. The van der Waals surface area contributed by atoms with Gasteiger partial charge in [0.15, 0.2) is 12.0 Å². The summed E-state index contributed by atoms with van der Waals surface area (Å²) in [6.07, 6.45) is 8.65. The quantitative estimate of drug-likeness (QED) is 0.463. The van der Waals surface area contributed by atoms with E-state index in [2.05, 4.69) is 21.4 Å².